The van der Waals surface area contributed by atoms with Crippen LogP contribution in [0, 0.1) is 5.41 Å². The summed E-state index contributed by atoms with van der Waals surface area (Å²) >= 11 is 12.2. The Kier molecular flexibility index (Phi) is 9.49. The van der Waals surface area contributed by atoms with Gasteiger partial charge in [-0.05, 0) is 54.7 Å². The molecule has 7 nitrogen and oxygen atoms in total. The Morgan fingerprint density at radius 1 is 0.872 bits per heavy atom. The molecule has 1 aliphatic carbocycles. The van der Waals surface area contributed by atoms with Crippen LogP contribution >= 0.6 is 23.2 Å². The van der Waals surface area contributed by atoms with Gasteiger partial charge in [0.25, 0.3) is 5.91 Å². The van der Waals surface area contributed by atoms with E-state index in [0.29, 0.717) is 19.3 Å². The highest BCUT2D eigenvalue weighted by Crippen LogP contribution is 2.41. The van der Waals surface area contributed by atoms with Gasteiger partial charge < -0.3 is 14.9 Å². The van der Waals surface area contributed by atoms with Crippen LogP contribution < -0.4 is 15.5 Å². The number of hydrogen-bond acceptors (Lipinski definition) is 5. The molecule has 204 valence electrons. The SMILES string of the molecule is COc1ccc(CC2(C(=O)N[C@@H](Cc3ccccc3)C(=O)ONC(=O)c3c(Cl)cccc3Cl)CCCC2)cc1. The van der Waals surface area contributed by atoms with Gasteiger partial charge in [0.15, 0.2) is 0 Å². The number of benzene rings is 3. The lowest BCUT2D eigenvalue weighted by Gasteiger charge is -2.30. The Bertz CT molecular complexity index is 1290. The van der Waals surface area contributed by atoms with Crippen LogP contribution in [0.25, 0.3) is 0 Å². The first-order valence-electron chi connectivity index (χ1n) is 12.7. The molecular formula is C30H30Cl2N2O5. The number of hydroxylamine groups is 1. The van der Waals surface area contributed by atoms with Gasteiger partial charge in [-0.15, -0.1) is 0 Å². The third-order valence-corrected chi connectivity index (χ3v) is 7.68. The molecule has 0 radical (unpaired) electrons. The van der Waals surface area contributed by atoms with Crippen molar-refractivity contribution in [3.05, 3.63) is 99.5 Å². The average Bonchev–Trinajstić information content (AvgIpc) is 3.42. The topological polar surface area (TPSA) is 93.7 Å². The van der Waals surface area contributed by atoms with E-state index in [9.17, 15) is 14.4 Å². The maximum atomic E-state index is 13.8. The van der Waals surface area contributed by atoms with Gasteiger partial charge in [-0.3, -0.25) is 9.59 Å². The number of halogens is 2. The molecule has 0 aliphatic heterocycles. The maximum Gasteiger partial charge on any atom is 0.354 e. The minimum Gasteiger partial charge on any atom is -0.497 e. The molecule has 4 rings (SSSR count). The van der Waals surface area contributed by atoms with Crippen molar-refractivity contribution >= 4 is 41.0 Å². The van der Waals surface area contributed by atoms with Gasteiger partial charge in [-0.25, -0.2) is 4.79 Å². The molecule has 0 heterocycles. The zero-order chi connectivity index (χ0) is 27.8. The van der Waals surface area contributed by atoms with Crippen LogP contribution in [0.2, 0.25) is 10.0 Å². The van der Waals surface area contributed by atoms with Gasteiger partial charge in [-0.2, -0.15) is 5.48 Å². The van der Waals surface area contributed by atoms with E-state index < -0.39 is 23.3 Å². The van der Waals surface area contributed by atoms with Crippen LogP contribution in [0.5, 0.6) is 5.75 Å². The van der Waals surface area contributed by atoms with Crippen molar-refractivity contribution in [2.24, 2.45) is 5.41 Å². The van der Waals surface area contributed by atoms with Crippen molar-refractivity contribution in [1.82, 2.24) is 10.8 Å². The second-order valence-electron chi connectivity index (χ2n) is 9.68. The van der Waals surface area contributed by atoms with Gasteiger partial charge >= 0.3 is 5.97 Å². The van der Waals surface area contributed by atoms with Gasteiger partial charge in [0.05, 0.1) is 28.1 Å². The number of ether oxygens (including phenoxy) is 1. The molecule has 3 aromatic rings. The highest BCUT2D eigenvalue weighted by molar-refractivity contribution is 6.39. The van der Waals surface area contributed by atoms with Gasteiger partial charge in [0, 0.05) is 6.42 Å². The van der Waals surface area contributed by atoms with E-state index in [-0.39, 0.29) is 27.9 Å². The summed E-state index contributed by atoms with van der Waals surface area (Å²) in [7, 11) is 1.61. The minimum atomic E-state index is -1.03. The van der Waals surface area contributed by atoms with E-state index in [4.69, 9.17) is 32.8 Å². The fourth-order valence-electron chi connectivity index (χ4n) is 4.96. The normalized spacial score (nSPS) is 14.7. The summed E-state index contributed by atoms with van der Waals surface area (Å²) in [5.41, 5.74) is 3.30. The standard InChI is InChI=1S/C30H30Cl2N2O5/c1-38-22-14-12-21(13-15-22)19-30(16-5-6-17-30)29(37)33-25(18-20-8-3-2-4-9-20)28(36)39-34-27(35)26-23(31)10-7-11-24(26)32/h2-4,7-15,25H,5-6,16-19H2,1H3,(H,33,37)(H,34,35)/t25-/m0/s1. The predicted molar refractivity (Wildman–Crippen MR) is 150 cm³/mol. The van der Waals surface area contributed by atoms with Crippen molar-refractivity contribution < 1.29 is 24.0 Å². The highest BCUT2D eigenvalue weighted by Gasteiger charge is 2.42. The molecular weight excluding hydrogens is 539 g/mol. The van der Waals surface area contributed by atoms with E-state index in [1.807, 2.05) is 54.6 Å². The van der Waals surface area contributed by atoms with Gasteiger partial charge in [-0.1, -0.05) is 84.6 Å². The summed E-state index contributed by atoms with van der Waals surface area (Å²) < 4.78 is 5.25. The van der Waals surface area contributed by atoms with Crippen molar-refractivity contribution in [3.63, 3.8) is 0 Å². The molecule has 9 heteroatoms. The zero-order valence-corrected chi connectivity index (χ0v) is 23.1. The first-order valence-corrected chi connectivity index (χ1v) is 13.5. The monoisotopic (exact) mass is 568 g/mol. The van der Waals surface area contributed by atoms with E-state index >= 15 is 0 Å². The number of hydrogen-bond donors (Lipinski definition) is 2. The van der Waals surface area contributed by atoms with E-state index in [1.54, 1.807) is 13.2 Å². The lowest BCUT2D eigenvalue weighted by atomic mass is 9.78. The molecule has 0 saturated heterocycles. The number of carbonyl (C=O) groups excluding carboxylic acids is 3. The Hall–Kier alpha value is -3.55. The molecule has 0 spiro atoms. The molecule has 3 aromatic carbocycles. The van der Waals surface area contributed by atoms with Crippen molar-refractivity contribution in [2.45, 2.75) is 44.6 Å². The zero-order valence-electron chi connectivity index (χ0n) is 21.5. The Morgan fingerprint density at radius 2 is 1.51 bits per heavy atom. The van der Waals surface area contributed by atoms with Gasteiger partial charge in [0.1, 0.15) is 11.8 Å². The molecule has 1 saturated carbocycles. The highest BCUT2D eigenvalue weighted by atomic mass is 35.5. The lowest BCUT2D eigenvalue weighted by Crippen LogP contribution is -2.51. The van der Waals surface area contributed by atoms with Crippen LogP contribution in [-0.4, -0.2) is 30.9 Å². The summed E-state index contributed by atoms with van der Waals surface area (Å²) in [4.78, 5) is 44.8. The van der Waals surface area contributed by atoms with E-state index in [1.165, 1.54) is 12.1 Å². The fraction of sp³-hybridized carbons (Fsp3) is 0.300. The van der Waals surface area contributed by atoms with Crippen molar-refractivity contribution in [3.8, 4) is 5.75 Å². The van der Waals surface area contributed by atoms with Crippen LogP contribution in [0.3, 0.4) is 0 Å². The van der Waals surface area contributed by atoms with Crippen LogP contribution in [-0.2, 0) is 27.3 Å². The molecule has 39 heavy (non-hydrogen) atoms. The summed E-state index contributed by atoms with van der Waals surface area (Å²) in [6.45, 7) is 0. The third kappa shape index (κ3) is 7.11. The third-order valence-electron chi connectivity index (χ3n) is 7.05. The molecule has 1 fully saturated rings. The van der Waals surface area contributed by atoms with Crippen molar-refractivity contribution in [1.29, 1.82) is 0 Å². The molecule has 1 atom stereocenters. The number of nitrogens with one attached hydrogen (secondary N) is 2. The van der Waals surface area contributed by atoms with E-state index in [0.717, 1.165) is 29.7 Å². The minimum absolute atomic E-state index is 0.0123. The molecule has 0 unspecified atom stereocenters. The van der Waals surface area contributed by atoms with Crippen molar-refractivity contribution in [2.75, 3.05) is 7.11 Å². The lowest BCUT2D eigenvalue weighted by molar-refractivity contribution is -0.154. The number of rotatable bonds is 9. The predicted octanol–water partition coefficient (Wildman–Crippen LogP) is 5.72. The Morgan fingerprint density at radius 3 is 2.13 bits per heavy atom. The number of methoxy groups -OCH3 is 1. The quantitative estimate of drug-likeness (QED) is 0.322. The van der Waals surface area contributed by atoms with Gasteiger partial charge in [0.2, 0.25) is 5.91 Å². The number of carbonyl (C=O) groups is 3. The molecule has 0 bridgehead atoms. The number of amides is 2. The Labute approximate surface area is 237 Å². The smallest absolute Gasteiger partial charge is 0.354 e. The summed E-state index contributed by atoms with van der Waals surface area (Å²) in [5, 5.41) is 3.17. The second kappa shape index (κ2) is 13.0. The fourth-order valence-corrected chi connectivity index (χ4v) is 5.53. The van der Waals surface area contributed by atoms with Crippen LogP contribution in [0.4, 0.5) is 0 Å². The van der Waals surface area contributed by atoms with Crippen LogP contribution in [0.1, 0.15) is 47.2 Å². The Balaban J connectivity index is 1.50. The first-order chi connectivity index (χ1) is 18.8. The maximum absolute atomic E-state index is 13.8. The molecule has 2 amide bonds. The second-order valence-corrected chi connectivity index (χ2v) is 10.5. The summed E-state index contributed by atoms with van der Waals surface area (Å²) in [5.74, 6) is -1.04. The molecule has 1 aliphatic rings. The summed E-state index contributed by atoms with van der Waals surface area (Å²) in [6, 6.07) is 20.5. The average molecular weight is 569 g/mol. The first kappa shape index (κ1) is 28.5. The van der Waals surface area contributed by atoms with E-state index in [2.05, 4.69) is 10.8 Å². The largest absolute Gasteiger partial charge is 0.497 e. The summed E-state index contributed by atoms with van der Waals surface area (Å²) in [6.07, 6.45) is 3.99. The molecule has 2 N–H and O–H groups in total. The molecule has 0 aromatic heterocycles. The van der Waals surface area contributed by atoms with Crippen LogP contribution in [0.15, 0.2) is 72.8 Å².